The van der Waals surface area contributed by atoms with E-state index >= 15 is 0 Å². The van der Waals surface area contributed by atoms with E-state index < -0.39 is 17.8 Å². The zero-order valence-electron chi connectivity index (χ0n) is 12.2. The van der Waals surface area contributed by atoms with Crippen molar-refractivity contribution in [1.29, 1.82) is 5.41 Å². The van der Waals surface area contributed by atoms with Crippen molar-refractivity contribution in [2.75, 3.05) is 13.7 Å². The van der Waals surface area contributed by atoms with Gasteiger partial charge < -0.3 is 20.2 Å². The van der Waals surface area contributed by atoms with Crippen LogP contribution in [0.2, 0.25) is 5.02 Å². The van der Waals surface area contributed by atoms with Gasteiger partial charge in [-0.05, 0) is 19.1 Å². The Morgan fingerprint density at radius 2 is 2.27 bits per heavy atom. The minimum atomic E-state index is -0.606. The lowest BCUT2D eigenvalue weighted by molar-refractivity contribution is -0.139. The highest BCUT2D eigenvalue weighted by Gasteiger charge is 2.27. The Kier molecular flexibility index (Phi) is 5.03. The van der Waals surface area contributed by atoms with Crippen LogP contribution in [0.5, 0.6) is 5.75 Å². The molecule has 0 aromatic heterocycles. The summed E-state index contributed by atoms with van der Waals surface area (Å²) in [6.07, 6.45) is 1.63. The number of nitrogens with one attached hydrogen (secondary N) is 2. The molecule has 2 rings (SSSR count). The van der Waals surface area contributed by atoms with Gasteiger partial charge in [0.1, 0.15) is 5.70 Å². The number of rotatable bonds is 4. The normalized spacial score (nSPS) is 17.5. The number of esters is 1. The third-order valence-electron chi connectivity index (χ3n) is 3.23. The van der Waals surface area contributed by atoms with Crippen LogP contribution in [-0.4, -0.2) is 25.4 Å². The number of methoxy groups -OCH3 is 1. The second-order valence-corrected chi connectivity index (χ2v) is 5.10. The average molecular weight is 327 g/mol. The molecule has 1 aliphatic rings. The zero-order valence-corrected chi connectivity index (χ0v) is 13.0. The number of hydrogen-bond acceptors (Lipinski definition) is 5. The molecular formula is C15H16ClFN2O3. The molecule has 0 aliphatic carbocycles. The zero-order chi connectivity index (χ0) is 16.3. The number of ether oxygens (including phenoxy) is 2. The maximum atomic E-state index is 14.5. The predicted octanol–water partition coefficient (Wildman–Crippen LogP) is 2.99. The first-order valence-corrected chi connectivity index (χ1v) is 7.10. The number of benzene rings is 1. The lowest BCUT2D eigenvalue weighted by Gasteiger charge is -2.26. The summed E-state index contributed by atoms with van der Waals surface area (Å²) in [5.41, 5.74) is 0.623. The molecule has 1 atom stereocenters. The van der Waals surface area contributed by atoms with Crippen LogP contribution in [0.25, 0.3) is 0 Å². The number of halogens is 2. The van der Waals surface area contributed by atoms with Gasteiger partial charge in [-0.1, -0.05) is 17.7 Å². The summed E-state index contributed by atoms with van der Waals surface area (Å²) >= 11 is 5.88. The summed E-state index contributed by atoms with van der Waals surface area (Å²) < 4.78 is 24.3. The van der Waals surface area contributed by atoms with Crippen LogP contribution in [0.3, 0.4) is 0 Å². The fraction of sp³-hybridized carbons (Fsp3) is 0.333. The summed E-state index contributed by atoms with van der Waals surface area (Å²) in [5.74, 6) is -1.23. The van der Waals surface area contributed by atoms with Crippen molar-refractivity contribution < 1.29 is 18.7 Å². The monoisotopic (exact) mass is 326 g/mol. The quantitative estimate of drug-likeness (QED) is 0.834. The molecule has 1 aromatic rings. The standard InChI is InChI=1S/C15H16ClFN2O3/c1-3-22-15(20)12-7-8(18)6-11(19-12)9-4-5-10(16)14(21-2)13(9)17/h4-5,7,11,18-19H,3,6H2,1-2H3. The van der Waals surface area contributed by atoms with Crippen LogP contribution < -0.4 is 10.1 Å². The fourth-order valence-electron chi connectivity index (χ4n) is 2.25. The molecule has 118 valence electrons. The first-order valence-electron chi connectivity index (χ1n) is 6.72. The molecule has 5 nitrogen and oxygen atoms in total. The Balaban J connectivity index is 2.33. The maximum absolute atomic E-state index is 14.5. The van der Waals surface area contributed by atoms with Crippen molar-refractivity contribution >= 4 is 23.3 Å². The Bertz CT molecular complexity index is 646. The van der Waals surface area contributed by atoms with Crippen LogP contribution in [-0.2, 0) is 9.53 Å². The first kappa shape index (κ1) is 16.3. The van der Waals surface area contributed by atoms with Crippen LogP contribution in [0.15, 0.2) is 23.9 Å². The average Bonchev–Trinajstić information content (AvgIpc) is 2.47. The van der Waals surface area contributed by atoms with Crippen molar-refractivity contribution in [3.05, 3.63) is 40.3 Å². The van der Waals surface area contributed by atoms with E-state index in [1.807, 2.05) is 0 Å². The van der Waals surface area contributed by atoms with Crippen LogP contribution in [0, 0.1) is 11.2 Å². The van der Waals surface area contributed by atoms with Gasteiger partial charge >= 0.3 is 5.97 Å². The third-order valence-corrected chi connectivity index (χ3v) is 3.52. The SMILES string of the molecule is CCOC(=O)C1=CC(=N)CC(c2ccc(Cl)c(OC)c2F)N1. The van der Waals surface area contributed by atoms with Crippen LogP contribution >= 0.6 is 11.6 Å². The summed E-state index contributed by atoms with van der Waals surface area (Å²) in [4.78, 5) is 11.8. The largest absolute Gasteiger partial charge is 0.492 e. The van der Waals surface area contributed by atoms with Crippen molar-refractivity contribution in [2.45, 2.75) is 19.4 Å². The number of allylic oxidation sites excluding steroid dienone is 1. The molecular weight excluding hydrogens is 311 g/mol. The Labute approximate surface area is 132 Å². The van der Waals surface area contributed by atoms with Gasteiger partial charge in [-0.15, -0.1) is 0 Å². The molecule has 0 fully saturated rings. The van der Waals surface area contributed by atoms with E-state index in [9.17, 15) is 9.18 Å². The lowest BCUT2D eigenvalue weighted by atomic mass is 9.96. The highest BCUT2D eigenvalue weighted by atomic mass is 35.5. The van der Waals surface area contributed by atoms with Crippen LogP contribution in [0.4, 0.5) is 4.39 Å². The molecule has 0 radical (unpaired) electrons. The smallest absolute Gasteiger partial charge is 0.354 e. The van der Waals surface area contributed by atoms with Gasteiger partial charge in [0.05, 0.1) is 24.8 Å². The lowest BCUT2D eigenvalue weighted by Crippen LogP contribution is -2.33. The van der Waals surface area contributed by atoms with E-state index in [1.54, 1.807) is 6.92 Å². The Morgan fingerprint density at radius 3 is 2.91 bits per heavy atom. The molecule has 0 amide bonds. The minimum absolute atomic E-state index is 0.0558. The maximum Gasteiger partial charge on any atom is 0.354 e. The molecule has 1 aliphatic heterocycles. The second kappa shape index (κ2) is 6.79. The molecule has 2 N–H and O–H groups in total. The van der Waals surface area contributed by atoms with Crippen LogP contribution in [0.1, 0.15) is 24.9 Å². The molecule has 0 saturated carbocycles. The van der Waals surface area contributed by atoms with Gasteiger partial charge in [0.15, 0.2) is 11.6 Å². The molecule has 0 spiro atoms. The molecule has 1 aromatic carbocycles. The minimum Gasteiger partial charge on any atom is -0.492 e. The van der Waals surface area contributed by atoms with E-state index in [4.69, 9.17) is 26.5 Å². The van der Waals surface area contributed by atoms with E-state index in [-0.39, 0.29) is 40.8 Å². The summed E-state index contributed by atoms with van der Waals surface area (Å²) in [5, 5.41) is 10.9. The molecule has 0 bridgehead atoms. The molecule has 22 heavy (non-hydrogen) atoms. The van der Waals surface area contributed by atoms with Gasteiger partial charge in [0.25, 0.3) is 0 Å². The Hall–Kier alpha value is -2.08. The van der Waals surface area contributed by atoms with Gasteiger partial charge in [0.2, 0.25) is 0 Å². The third kappa shape index (κ3) is 3.22. The first-order chi connectivity index (χ1) is 10.5. The number of carbonyl (C=O) groups is 1. The van der Waals surface area contributed by atoms with Crippen molar-refractivity contribution in [2.24, 2.45) is 0 Å². The van der Waals surface area contributed by atoms with Crippen molar-refractivity contribution in [1.82, 2.24) is 5.32 Å². The van der Waals surface area contributed by atoms with E-state index in [1.165, 1.54) is 25.3 Å². The van der Waals surface area contributed by atoms with Gasteiger partial charge in [-0.3, -0.25) is 0 Å². The van der Waals surface area contributed by atoms with Crippen molar-refractivity contribution in [3.8, 4) is 5.75 Å². The highest BCUT2D eigenvalue weighted by molar-refractivity contribution is 6.32. The highest BCUT2D eigenvalue weighted by Crippen LogP contribution is 2.34. The number of hydrogen-bond donors (Lipinski definition) is 2. The molecule has 1 unspecified atom stereocenters. The summed E-state index contributed by atoms with van der Waals surface area (Å²) in [7, 11) is 1.33. The topological polar surface area (TPSA) is 71.4 Å². The Morgan fingerprint density at radius 1 is 1.55 bits per heavy atom. The van der Waals surface area contributed by atoms with Gasteiger partial charge in [0, 0.05) is 17.7 Å². The van der Waals surface area contributed by atoms with E-state index in [2.05, 4.69) is 5.32 Å². The van der Waals surface area contributed by atoms with Crippen molar-refractivity contribution in [3.63, 3.8) is 0 Å². The molecule has 7 heteroatoms. The van der Waals surface area contributed by atoms with E-state index in [0.29, 0.717) is 0 Å². The second-order valence-electron chi connectivity index (χ2n) is 4.69. The van der Waals surface area contributed by atoms with Gasteiger partial charge in [-0.2, -0.15) is 0 Å². The predicted molar refractivity (Wildman–Crippen MR) is 80.9 cm³/mol. The van der Waals surface area contributed by atoms with Gasteiger partial charge in [-0.25, -0.2) is 9.18 Å². The fourth-order valence-corrected chi connectivity index (χ4v) is 2.47. The number of carbonyl (C=O) groups excluding carboxylic acids is 1. The molecule has 0 saturated heterocycles. The van der Waals surface area contributed by atoms with E-state index in [0.717, 1.165) is 0 Å². The summed E-state index contributed by atoms with van der Waals surface area (Å²) in [6.45, 7) is 1.91. The molecule has 1 heterocycles. The summed E-state index contributed by atoms with van der Waals surface area (Å²) in [6, 6.07) is 2.47.